The van der Waals surface area contributed by atoms with E-state index in [9.17, 15) is 0 Å². The second-order valence-electron chi connectivity index (χ2n) is 4.64. The summed E-state index contributed by atoms with van der Waals surface area (Å²) in [7, 11) is 1.93. The minimum Gasteiger partial charge on any atom is -0.384 e. The summed E-state index contributed by atoms with van der Waals surface area (Å²) < 4.78 is 1.88. The molecule has 0 fully saturated rings. The molecule has 1 aromatic rings. The van der Waals surface area contributed by atoms with Crippen LogP contribution in [0.4, 0.5) is 5.82 Å². The van der Waals surface area contributed by atoms with Gasteiger partial charge >= 0.3 is 0 Å². The van der Waals surface area contributed by atoms with E-state index in [1.165, 1.54) is 0 Å². The lowest BCUT2D eigenvalue weighted by Gasteiger charge is -2.23. The predicted octanol–water partition coefficient (Wildman–Crippen LogP) is 2.40. The molecule has 0 aliphatic carbocycles. The molecule has 2 N–H and O–H groups in total. The maximum atomic E-state index is 5.98. The second-order valence-corrected chi connectivity index (χ2v) is 4.64. The van der Waals surface area contributed by atoms with Gasteiger partial charge in [-0.05, 0) is 11.8 Å². The van der Waals surface area contributed by atoms with Gasteiger partial charge in [-0.2, -0.15) is 0 Å². The molecule has 0 bridgehead atoms. The highest BCUT2D eigenvalue weighted by molar-refractivity contribution is 5.38. The third kappa shape index (κ3) is 1.91. The van der Waals surface area contributed by atoms with Crippen LogP contribution in [-0.4, -0.2) is 9.55 Å². The fraction of sp³-hybridized carbons (Fsp3) is 0.727. The summed E-state index contributed by atoms with van der Waals surface area (Å²) >= 11 is 0. The van der Waals surface area contributed by atoms with Crippen LogP contribution in [0, 0.1) is 11.8 Å². The molecule has 0 aliphatic rings. The maximum Gasteiger partial charge on any atom is 0.126 e. The van der Waals surface area contributed by atoms with Gasteiger partial charge in [-0.1, -0.05) is 27.7 Å². The number of aryl methyl sites for hydroxylation is 1. The summed E-state index contributed by atoms with van der Waals surface area (Å²) in [4.78, 5) is 4.40. The highest BCUT2D eigenvalue weighted by Crippen LogP contribution is 2.33. The van der Waals surface area contributed by atoms with Crippen molar-refractivity contribution in [1.82, 2.24) is 9.55 Å². The molecule has 3 nitrogen and oxygen atoms in total. The van der Waals surface area contributed by atoms with Crippen molar-refractivity contribution in [3.63, 3.8) is 0 Å². The number of nitrogens with two attached hydrogens (primary N) is 1. The minimum absolute atomic E-state index is 0.455. The Bertz CT molecular complexity index is 291. The standard InChI is InChI=1S/C11H21N3/c1-7(2)9(8(3)4)10-11(12)14(5)6-13-10/h6-9H,12H2,1-5H3. The van der Waals surface area contributed by atoms with E-state index in [1.807, 2.05) is 11.6 Å². The van der Waals surface area contributed by atoms with Crippen molar-refractivity contribution < 1.29 is 0 Å². The monoisotopic (exact) mass is 195 g/mol. The lowest BCUT2D eigenvalue weighted by Crippen LogP contribution is -2.15. The van der Waals surface area contributed by atoms with Crippen molar-refractivity contribution in [3.05, 3.63) is 12.0 Å². The van der Waals surface area contributed by atoms with Crippen LogP contribution in [0.25, 0.3) is 0 Å². The maximum absolute atomic E-state index is 5.98. The van der Waals surface area contributed by atoms with E-state index in [-0.39, 0.29) is 0 Å². The molecule has 0 aromatic carbocycles. The van der Waals surface area contributed by atoms with Gasteiger partial charge in [0.25, 0.3) is 0 Å². The Balaban J connectivity index is 3.05. The van der Waals surface area contributed by atoms with Gasteiger partial charge in [-0.25, -0.2) is 4.98 Å². The third-order valence-corrected chi connectivity index (χ3v) is 2.76. The Morgan fingerprint density at radius 3 is 2.00 bits per heavy atom. The van der Waals surface area contributed by atoms with Gasteiger partial charge < -0.3 is 10.3 Å². The topological polar surface area (TPSA) is 43.8 Å². The SMILES string of the molecule is CC(C)C(c1ncn(C)c1N)C(C)C. The molecule has 0 saturated heterocycles. The molecule has 1 rings (SSSR count). The van der Waals surface area contributed by atoms with Crippen LogP contribution < -0.4 is 5.73 Å². The zero-order chi connectivity index (χ0) is 10.9. The Morgan fingerprint density at radius 2 is 1.71 bits per heavy atom. The molecule has 0 radical (unpaired) electrons. The Hall–Kier alpha value is -0.990. The highest BCUT2D eigenvalue weighted by Gasteiger charge is 2.24. The normalized spacial score (nSPS) is 12.0. The average molecular weight is 195 g/mol. The van der Waals surface area contributed by atoms with Crippen LogP contribution in [0.3, 0.4) is 0 Å². The Kier molecular flexibility index (Phi) is 3.19. The van der Waals surface area contributed by atoms with Crippen LogP contribution in [0.15, 0.2) is 6.33 Å². The number of imidazole rings is 1. The highest BCUT2D eigenvalue weighted by atomic mass is 15.1. The first-order valence-corrected chi connectivity index (χ1v) is 5.21. The van der Waals surface area contributed by atoms with Crippen molar-refractivity contribution in [3.8, 4) is 0 Å². The molecule has 80 valence electrons. The molecule has 0 atom stereocenters. The average Bonchev–Trinajstić information content (AvgIpc) is 2.35. The number of aromatic nitrogens is 2. The molecule has 0 aliphatic heterocycles. The minimum atomic E-state index is 0.455. The van der Waals surface area contributed by atoms with Crippen LogP contribution in [0.5, 0.6) is 0 Å². The van der Waals surface area contributed by atoms with E-state index in [0.717, 1.165) is 11.5 Å². The molecule has 3 heteroatoms. The van der Waals surface area contributed by atoms with E-state index in [1.54, 1.807) is 6.33 Å². The first-order chi connectivity index (χ1) is 6.45. The molecular weight excluding hydrogens is 174 g/mol. The molecule has 0 saturated carbocycles. The number of rotatable bonds is 3. The van der Waals surface area contributed by atoms with E-state index in [0.29, 0.717) is 17.8 Å². The molecule has 14 heavy (non-hydrogen) atoms. The number of nitrogens with zero attached hydrogens (tertiary/aromatic N) is 2. The van der Waals surface area contributed by atoms with Gasteiger partial charge in [0.05, 0.1) is 12.0 Å². The van der Waals surface area contributed by atoms with Crippen LogP contribution >= 0.6 is 0 Å². The van der Waals surface area contributed by atoms with E-state index >= 15 is 0 Å². The van der Waals surface area contributed by atoms with Crippen LogP contribution in [0.2, 0.25) is 0 Å². The molecule has 0 unspecified atom stereocenters. The summed E-state index contributed by atoms with van der Waals surface area (Å²) in [5, 5.41) is 0. The predicted molar refractivity (Wildman–Crippen MR) is 60.0 cm³/mol. The van der Waals surface area contributed by atoms with Crippen LogP contribution in [0.1, 0.15) is 39.3 Å². The van der Waals surface area contributed by atoms with Crippen molar-refractivity contribution >= 4 is 5.82 Å². The van der Waals surface area contributed by atoms with Crippen molar-refractivity contribution in [2.24, 2.45) is 18.9 Å². The molecule has 1 aromatic heterocycles. The molecular formula is C11H21N3. The van der Waals surface area contributed by atoms with Gasteiger partial charge in [0.2, 0.25) is 0 Å². The quantitative estimate of drug-likeness (QED) is 0.804. The number of anilines is 1. The Morgan fingerprint density at radius 1 is 1.21 bits per heavy atom. The zero-order valence-corrected chi connectivity index (χ0v) is 9.78. The number of hydrogen-bond acceptors (Lipinski definition) is 2. The third-order valence-electron chi connectivity index (χ3n) is 2.76. The summed E-state index contributed by atoms with van der Waals surface area (Å²) in [6.07, 6.45) is 1.79. The largest absolute Gasteiger partial charge is 0.384 e. The number of nitrogen functional groups attached to an aromatic ring is 1. The van der Waals surface area contributed by atoms with Crippen molar-refractivity contribution in [2.45, 2.75) is 33.6 Å². The smallest absolute Gasteiger partial charge is 0.126 e. The van der Waals surface area contributed by atoms with Crippen LogP contribution in [-0.2, 0) is 7.05 Å². The van der Waals surface area contributed by atoms with Gasteiger partial charge in [-0.15, -0.1) is 0 Å². The second kappa shape index (κ2) is 4.03. The number of hydrogen-bond donors (Lipinski definition) is 1. The molecule has 1 heterocycles. The van der Waals surface area contributed by atoms with E-state index in [4.69, 9.17) is 5.73 Å². The fourth-order valence-electron chi connectivity index (χ4n) is 2.12. The van der Waals surface area contributed by atoms with Gasteiger partial charge in [-0.3, -0.25) is 0 Å². The van der Waals surface area contributed by atoms with Gasteiger partial charge in [0.1, 0.15) is 5.82 Å². The summed E-state index contributed by atoms with van der Waals surface area (Å²) in [6, 6.07) is 0. The fourth-order valence-corrected chi connectivity index (χ4v) is 2.12. The first kappa shape index (κ1) is 11.1. The van der Waals surface area contributed by atoms with Crippen molar-refractivity contribution in [2.75, 3.05) is 5.73 Å². The summed E-state index contributed by atoms with van der Waals surface area (Å²) in [6.45, 7) is 8.88. The molecule has 0 amide bonds. The van der Waals surface area contributed by atoms with E-state index in [2.05, 4.69) is 32.7 Å². The lowest BCUT2D eigenvalue weighted by atomic mass is 9.83. The first-order valence-electron chi connectivity index (χ1n) is 5.21. The molecule has 0 spiro atoms. The van der Waals surface area contributed by atoms with Crippen molar-refractivity contribution in [1.29, 1.82) is 0 Å². The summed E-state index contributed by atoms with van der Waals surface area (Å²) in [5.74, 6) is 2.41. The zero-order valence-electron chi connectivity index (χ0n) is 9.78. The lowest BCUT2D eigenvalue weighted by molar-refractivity contribution is 0.382. The van der Waals surface area contributed by atoms with Gasteiger partial charge in [0, 0.05) is 13.0 Å². The van der Waals surface area contributed by atoms with E-state index < -0.39 is 0 Å². The summed E-state index contributed by atoms with van der Waals surface area (Å²) in [5.41, 5.74) is 7.03. The van der Waals surface area contributed by atoms with Gasteiger partial charge in [0.15, 0.2) is 0 Å². The Labute approximate surface area is 86.3 Å².